The Morgan fingerprint density at radius 2 is 2.08 bits per heavy atom. The second-order valence-electron chi connectivity index (χ2n) is 5.72. The standard InChI is InChI=1S/C17H16ClN5O/c18-16-15(23-9-2-1-3-14(23)21-16)17(24)22-10-8-20-13(11-22)12-4-6-19-7-5-12/h1-7,9,13,20H,8,10-11H2. The number of rotatable bonds is 2. The van der Waals surface area contributed by atoms with Crippen molar-refractivity contribution < 1.29 is 4.79 Å². The van der Waals surface area contributed by atoms with E-state index in [0.717, 1.165) is 12.1 Å². The summed E-state index contributed by atoms with van der Waals surface area (Å²) in [6.07, 6.45) is 5.34. The summed E-state index contributed by atoms with van der Waals surface area (Å²) in [6.45, 7) is 1.95. The van der Waals surface area contributed by atoms with E-state index in [4.69, 9.17) is 11.6 Å². The molecule has 1 N–H and O–H groups in total. The summed E-state index contributed by atoms with van der Waals surface area (Å²) in [5.41, 5.74) is 2.21. The molecule has 1 fully saturated rings. The molecule has 1 atom stereocenters. The Morgan fingerprint density at radius 3 is 2.92 bits per heavy atom. The average Bonchev–Trinajstić information content (AvgIpc) is 2.97. The highest BCUT2D eigenvalue weighted by atomic mass is 35.5. The van der Waals surface area contributed by atoms with Gasteiger partial charge in [-0.15, -0.1) is 0 Å². The number of hydrogen-bond acceptors (Lipinski definition) is 4. The summed E-state index contributed by atoms with van der Waals surface area (Å²) in [5, 5.41) is 3.68. The maximum absolute atomic E-state index is 13.0. The monoisotopic (exact) mass is 341 g/mol. The predicted molar refractivity (Wildman–Crippen MR) is 91.1 cm³/mol. The Bertz CT molecular complexity index is 879. The van der Waals surface area contributed by atoms with Crippen LogP contribution in [-0.2, 0) is 0 Å². The lowest BCUT2D eigenvalue weighted by atomic mass is 10.1. The minimum atomic E-state index is -0.0979. The zero-order valence-electron chi connectivity index (χ0n) is 12.9. The van der Waals surface area contributed by atoms with Crippen molar-refractivity contribution in [1.29, 1.82) is 0 Å². The van der Waals surface area contributed by atoms with Gasteiger partial charge in [0.2, 0.25) is 0 Å². The first-order valence-corrected chi connectivity index (χ1v) is 8.17. The highest BCUT2D eigenvalue weighted by molar-refractivity contribution is 6.32. The molecule has 3 aromatic rings. The molecule has 4 heterocycles. The molecule has 1 aliphatic heterocycles. The van der Waals surface area contributed by atoms with E-state index in [2.05, 4.69) is 15.3 Å². The van der Waals surface area contributed by atoms with Crippen LogP contribution in [0.4, 0.5) is 0 Å². The fourth-order valence-corrected chi connectivity index (χ4v) is 3.32. The first-order chi connectivity index (χ1) is 11.7. The van der Waals surface area contributed by atoms with Gasteiger partial charge in [-0.1, -0.05) is 17.7 Å². The van der Waals surface area contributed by atoms with Gasteiger partial charge in [-0.3, -0.25) is 14.2 Å². The molecular formula is C17H16ClN5O. The number of aromatic nitrogens is 3. The molecule has 0 aliphatic carbocycles. The molecule has 0 aromatic carbocycles. The number of carbonyl (C=O) groups is 1. The Kier molecular flexibility index (Phi) is 3.92. The number of nitrogens with zero attached hydrogens (tertiary/aromatic N) is 4. The van der Waals surface area contributed by atoms with E-state index in [9.17, 15) is 4.79 Å². The van der Waals surface area contributed by atoms with Gasteiger partial charge in [-0.25, -0.2) is 4.98 Å². The van der Waals surface area contributed by atoms with Crippen LogP contribution in [0.3, 0.4) is 0 Å². The molecule has 1 amide bonds. The van der Waals surface area contributed by atoms with E-state index < -0.39 is 0 Å². The predicted octanol–water partition coefficient (Wildman–Crippen LogP) is 2.17. The third-order valence-corrected chi connectivity index (χ3v) is 4.52. The van der Waals surface area contributed by atoms with E-state index in [1.807, 2.05) is 41.4 Å². The smallest absolute Gasteiger partial charge is 0.274 e. The van der Waals surface area contributed by atoms with E-state index >= 15 is 0 Å². The highest BCUT2D eigenvalue weighted by Gasteiger charge is 2.28. The Balaban J connectivity index is 1.63. The third kappa shape index (κ3) is 2.64. The second kappa shape index (κ2) is 6.22. The molecule has 122 valence electrons. The topological polar surface area (TPSA) is 62.5 Å². The van der Waals surface area contributed by atoms with E-state index in [0.29, 0.717) is 24.4 Å². The molecule has 1 saturated heterocycles. The van der Waals surface area contributed by atoms with Crippen molar-refractivity contribution in [3.63, 3.8) is 0 Å². The van der Waals surface area contributed by atoms with Crippen LogP contribution in [0.1, 0.15) is 22.1 Å². The van der Waals surface area contributed by atoms with Crippen molar-refractivity contribution >= 4 is 23.2 Å². The quantitative estimate of drug-likeness (QED) is 0.776. The van der Waals surface area contributed by atoms with Crippen molar-refractivity contribution in [2.45, 2.75) is 6.04 Å². The van der Waals surface area contributed by atoms with Crippen LogP contribution < -0.4 is 5.32 Å². The molecule has 0 saturated carbocycles. The molecule has 1 aliphatic rings. The number of halogens is 1. The van der Waals surface area contributed by atoms with Crippen molar-refractivity contribution in [2.75, 3.05) is 19.6 Å². The normalized spacial score (nSPS) is 18.0. The molecule has 1 unspecified atom stereocenters. The zero-order valence-corrected chi connectivity index (χ0v) is 13.6. The SMILES string of the molecule is O=C(c1c(Cl)nc2ccccn12)N1CCNC(c2ccncc2)C1. The minimum absolute atomic E-state index is 0.0867. The Morgan fingerprint density at radius 1 is 1.25 bits per heavy atom. The van der Waals surface area contributed by atoms with Crippen LogP contribution in [0, 0.1) is 0 Å². The van der Waals surface area contributed by atoms with Gasteiger partial charge in [0.15, 0.2) is 10.8 Å². The van der Waals surface area contributed by atoms with Crippen LogP contribution in [0.25, 0.3) is 5.65 Å². The zero-order chi connectivity index (χ0) is 16.5. The number of pyridine rings is 2. The number of carbonyl (C=O) groups excluding carboxylic acids is 1. The molecule has 0 spiro atoms. The lowest BCUT2D eigenvalue weighted by Crippen LogP contribution is -2.48. The van der Waals surface area contributed by atoms with Gasteiger partial charge in [-0.05, 0) is 29.8 Å². The number of amides is 1. The molecule has 6 nitrogen and oxygen atoms in total. The van der Waals surface area contributed by atoms with Gasteiger partial charge in [0, 0.05) is 38.2 Å². The van der Waals surface area contributed by atoms with Crippen molar-refractivity contribution in [2.24, 2.45) is 0 Å². The van der Waals surface area contributed by atoms with Gasteiger partial charge >= 0.3 is 0 Å². The molecule has 3 aromatic heterocycles. The summed E-state index contributed by atoms with van der Waals surface area (Å²) in [7, 11) is 0. The summed E-state index contributed by atoms with van der Waals surface area (Å²) < 4.78 is 1.74. The lowest BCUT2D eigenvalue weighted by molar-refractivity contribution is 0.0696. The van der Waals surface area contributed by atoms with E-state index in [1.165, 1.54) is 0 Å². The maximum Gasteiger partial charge on any atom is 0.274 e. The van der Waals surface area contributed by atoms with Crippen LogP contribution in [-0.4, -0.2) is 44.8 Å². The highest BCUT2D eigenvalue weighted by Crippen LogP contribution is 2.22. The maximum atomic E-state index is 13.0. The first kappa shape index (κ1) is 15.1. The number of fused-ring (bicyclic) bond motifs is 1. The number of imidazole rings is 1. The van der Waals surface area contributed by atoms with Crippen molar-refractivity contribution in [3.05, 3.63) is 65.3 Å². The Labute approximate surface area is 144 Å². The van der Waals surface area contributed by atoms with Gasteiger partial charge in [0.25, 0.3) is 5.91 Å². The number of hydrogen-bond donors (Lipinski definition) is 1. The van der Waals surface area contributed by atoms with Crippen LogP contribution >= 0.6 is 11.6 Å². The van der Waals surface area contributed by atoms with Crippen LogP contribution in [0.15, 0.2) is 48.9 Å². The molecule has 24 heavy (non-hydrogen) atoms. The van der Waals surface area contributed by atoms with Crippen molar-refractivity contribution in [3.8, 4) is 0 Å². The van der Waals surface area contributed by atoms with Crippen LogP contribution in [0.2, 0.25) is 5.15 Å². The van der Waals surface area contributed by atoms with Gasteiger partial charge in [0.05, 0.1) is 6.04 Å². The summed E-state index contributed by atoms with van der Waals surface area (Å²) >= 11 is 6.23. The van der Waals surface area contributed by atoms with Gasteiger partial charge < -0.3 is 10.2 Å². The van der Waals surface area contributed by atoms with Crippen molar-refractivity contribution in [1.82, 2.24) is 24.6 Å². The fraction of sp³-hybridized carbons (Fsp3) is 0.235. The third-order valence-electron chi connectivity index (χ3n) is 4.26. The molecule has 0 radical (unpaired) electrons. The molecular weight excluding hydrogens is 326 g/mol. The second-order valence-corrected chi connectivity index (χ2v) is 6.08. The summed E-state index contributed by atoms with van der Waals surface area (Å²) in [4.78, 5) is 23.1. The molecule has 0 bridgehead atoms. The minimum Gasteiger partial charge on any atom is -0.334 e. The molecule has 4 rings (SSSR count). The van der Waals surface area contributed by atoms with Gasteiger partial charge in [-0.2, -0.15) is 0 Å². The molecule has 7 heteroatoms. The number of nitrogens with one attached hydrogen (secondary N) is 1. The summed E-state index contributed by atoms with van der Waals surface area (Å²) in [6, 6.07) is 9.58. The van der Waals surface area contributed by atoms with E-state index in [-0.39, 0.29) is 17.1 Å². The largest absolute Gasteiger partial charge is 0.334 e. The Hall–Kier alpha value is -2.44. The first-order valence-electron chi connectivity index (χ1n) is 7.79. The average molecular weight is 342 g/mol. The number of piperazine rings is 1. The van der Waals surface area contributed by atoms with Crippen LogP contribution in [0.5, 0.6) is 0 Å². The van der Waals surface area contributed by atoms with E-state index in [1.54, 1.807) is 16.8 Å². The fourth-order valence-electron chi connectivity index (χ4n) is 3.06. The van der Waals surface area contributed by atoms with Gasteiger partial charge in [0.1, 0.15) is 5.65 Å². The lowest BCUT2D eigenvalue weighted by Gasteiger charge is -2.33. The summed E-state index contributed by atoms with van der Waals surface area (Å²) in [5.74, 6) is -0.0979.